The summed E-state index contributed by atoms with van der Waals surface area (Å²) < 4.78 is 121. The maximum atomic E-state index is 13.3. The normalized spacial score (nSPS) is 13.3. The van der Waals surface area contributed by atoms with Crippen LogP contribution >= 0.6 is 22.6 Å². The molecule has 0 saturated heterocycles. The van der Waals surface area contributed by atoms with Gasteiger partial charge < -0.3 is 14.0 Å². The molecule has 0 amide bonds. The molecule has 1 rings (SSSR count). The Kier molecular flexibility index (Phi) is 7.80. The lowest BCUT2D eigenvalue weighted by atomic mass is 10.1. The second-order valence-corrected chi connectivity index (χ2v) is 8.78. The van der Waals surface area contributed by atoms with Crippen LogP contribution in [-0.4, -0.2) is 48.6 Å². The van der Waals surface area contributed by atoms with Crippen molar-refractivity contribution in [2.45, 2.75) is 31.8 Å². The highest BCUT2D eigenvalue weighted by atomic mass is 127. The minimum atomic E-state index is -6.52. The van der Waals surface area contributed by atoms with Crippen LogP contribution in [0.3, 0.4) is 0 Å². The minimum Gasteiger partial charge on any atom is -0.748 e. The first-order chi connectivity index (χ1) is 13.3. The van der Waals surface area contributed by atoms with Crippen molar-refractivity contribution in [2.75, 3.05) is 5.75 Å². The number of hydrogen-bond donors (Lipinski definition) is 0. The Hall–Kier alpha value is -1.62. The molecule has 1 aromatic rings. The maximum Gasteiger partial charge on any atom is 0.438 e. The van der Waals surface area contributed by atoms with E-state index in [4.69, 9.17) is 4.74 Å². The predicted molar refractivity (Wildman–Crippen MR) is 94.5 cm³/mol. The molecule has 15 heteroatoms. The molecule has 0 spiro atoms. The lowest BCUT2D eigenvalue weighted by Crippen LogP contribution is -2.63. The highest BCUT2D eigenvalue weighted by Gasteiger charge is 2.75. The molecule has 0 saturated carbocycles. The van der Waals surface area contributed by atoms with Crippen molar-refractivity contribution >= 4 is 44.6 Å². The largest absolute Gasteiger partial charge is 0.748 e. The van der Waals surface area contributed by atoms with Gasteiger partial charge in [-0.05, 0) is 40.8 Å². The highest BCUT2D eigenvalue weighted by molar-refractivity contribution is 14.1. The summed E-state index contributed by atoms with van der Waals surface area (Å²) in [6.45, 7) is 2.73. The molecule has 0 aliphatic rings. The van der Waals surface area contributed by atoms with E-state index in [2.05, 4.69) is 4.74 Å². The fourth-order valence-corrected chi connectivity index (χ4v) is 3.25. The molecule has 170 valence electrons. The van der Waals surface area contributed by atoms with Gasteiger partial charge in [-0.15, -0.1) is 0 Å². The summed E-state index contributed by atoms with van der Waals surface area (Å²) in [6, 6.07) is 2.76. The number of esters is 2. The van der Waals surface area contributed by atoms with E-state index in [1.54, 1.807) is 22.6 Å². The lowest BCUT2D eigenvalue weighted by Gasteiger charge is -2.37. The Morgan fingerprint density at radius 1 is 1.10 bits per heavy atom. The van der Waals surface area contributed by atoms with Crippen molar-refractivity contribution in [1.29, 1.82) is 0 Å². The van der Waals surface area contributed by atoms with Gasteiger partial charge in [-0.25, -0.2) is 13.2 Å². The van der Waals surface area contributed by atoms with Gasteiger partial charge in [-0.3, -0.25) is 4.79 Å². The molecule has 0 aliphatic heterocycles. The summed E-state index contributed by atoms with van der Waals surface area (Å²) in [5.41, 5.74) is -6.66. The molecule has 30 heavy (non-hydrogen) atoms. The molecule has 0 radical (unpaired) electrons. The van der Waals surface area contributed by atoms with Crippen LogP contribution < -0.4 is 4.74 Å². The van der Waals surface area contributed by atoms with E-state index in [9.17, 15) is 48.9 Å². The van der Waals surface area contributed by atoms with Gasteiger partial charge in [0, 0.05) is 3.57 Å². The van der Waals surface area contributed by atoms with Crippen molar-refractivity contribution in [3.8, 4) is 5.75 Å². The van der Waals surface area contributed by atoms with Gasteiger partial charge in [-0.1, -0.05) is 13.8 Å². The first-order valence-electron chi connectivity index (χ1n) is 7.62. The molecular weight excluding hydrogens is 565 g/mol. The molecule has 0 unspecified atom stereocenters. The Balaban J connectivity index is 3.56. The Morgan fingerprint density at radius 3 is 2.00 bits per heavy atom. The number of hydrogen-bond acceptors (Lipinski definition) is 7. The van der Waals surface area contributed by atoms with Crippen molar-refractivity contribution < 1.29 is 58.4 Å². The van der Waals surface area contributed by atoms with Crippen molar-refractivity contribution in [3.63, 3.8) is 0 Å². The third kappa shape index (κ3) is 6.19. The van der Waals surface area contributed by atoms with E-state index in [-0.39, 0.29) is 3.57 Å². The molecule has 0 bridgehead atoms. The molecule has 0 N–H and O–H groups in total. The van der Waals surface area contributed by atoms with Crippen LogP contribution in [0.4, 0.5) is 26.3 Å². The molecular formula is C15H12F6IO7S-. The van der Waals surface area contributed by atoms with Crippen molar-refractivity contribution in [2.24, 2.45) is 5.92 Å². The zero-order chi connectivity index (χ0) is 23.7. The molecule has 0 fully saturated rings. The lowest BCUT2D eigenvalue weighted by molar-refractivity contribution is -0.356. The first-order valence-corrected chi connectivity index (χ1v) is 10.3. The van der Waals surface area contributed by atoms with E-state index >= 15 is 0 Å². The zero-order valence-corrected chi connectivity index (χ0v) is 17.9. The average molecular weight is 577 g/mol. The second-order valence-electron chi connectivity index (χ2n) is 6.13. The second kappa shape index (κ2) is 8.86. The van der Waals surface area contributed by atoms with Gasteiger partial charge in [0.05, 0.1) is 21.8 Å². The number of rotatable bonds is 6. The number of ether oxygens (including phenoxy) is 2. The average Bonchev–Trinajstić information content (AvgIpc) is 2.50. The van der Waals surface area contributed by atoms with Gasteiger partial charge in [0.1, 0.15) is 11.3 Å². The molecule has 0 aromatic heterocycles. The fraction of sp³-hybridized carbons (Fsp3) is 0.467. The van der Waals surface area contributed by atoms with Gasteiger partial charge in [0.25, 0.3) is 0 Å². The third-order valence-corrected chi connectivity index (χ3v) is 4.84. The first kappa shape index (κ1) is 26.4. The SMILES string of the molecule is CC(C)C(=O)Oc1cc(I)ccc1C(=O)OC(CS(=O)(=O)[O-])(C(F)(F)F)C(F)(F)F. The summed E-state index contributed by atoms with van der Waals surface area (Å²) in [6.07, 6.45) is -13.0. The quantitative estimate of drug-likeness (QED) is 0.168. The van der Waals surface area contributed by atoms with Crippen LogP contribution in [0.15, 0.2) is 18.2 Å². The molecule has 1 aromatic carbocycles. The molecule has 0 aliphatic carbocycles. The van der Waals surface area contributed by atoms with Crippen LogP contribution in [0.25, 0.3) is 0 Å². The summed E-state index contributed by atoms with van der Waals surface area (Å²) in [4.78, 5) is 23.9. The Labute approximate surface area is 179 Å². The minimum absolute atomic E-state index is 0.288. The molecule has 0 atom stereocenters. The number of carbonyl (C=O) groups excluding carboxylic acids is 2. The van der Waals surface area contributed by atoms with Crippen LogP contribution in [0.1, 0.15) is 24.2 Å². The van der Waals surface area contributed by atoms with Gasteiger partial charge in [0.2, 0.25) is 0 Å². The maximum absolute atomic E-state index is 13.3. The van der Waals surface area contributed by atoms with E-state index in [1.807, 2.05) is 0 Å². The smallest absolute Gasteiger partial charge is 0.438 e. The van der Waals surface area contributed by atoms with E-state index in [1.165, 1.54) is 13.8 Å². The Morgan fingerprint density at radius 2 is 1.60 bits per heavy atom. The van der Waals surface area contributed by atoms with E-state index in [0.717, 1.165) is 18.2 Å². The fourth-order valence-electron chi connectivity index (χ4n) is 1.91. The number of carbonyl (C=O) groups is 2. The number of benzene rings is 1. The van der Waals surface area contributed by atoms with Crippen molar-refractivity contribution in [1.82, 2.24) is 0 Å². The molecule has 7 nitrogen and oxygen atoms in total. The van der Waals surface area contributed by atoms with Crippen LogP contribution in [-0.2, 0) is 19.6 Å². The van der Waals surface area contributed by atoms with Crippen LogP contribution in [0.2, 0.25) is 0 Å². The standard InChI is InChI=1S/C15H13F6IO7S/c1-7(2)11(23)28-10-5-8(22)3-4-9(10)12(24)29-13(14(16,17)18,15(19,20)21)6-30(25,26)27/h3-5,7H,6H2,1-2H3,(H,25,26,27)/p-1. The van der Waals surface area contributed by atoms with Crippen LogP contribution in [0, 0.1) is 9.49 Å². The highest BCUT2D eigenvalue weighted by Crippen LogP contribution is 2.47. The van der Waals surface area contributed by atoms with E-state index < -0.39 is 63.0 Å². The summed E-state index contributed by atoms with van der Waals surface area (Å²) in [7, 11) is -6.18. The summed E-state index contributed by atoms with van der Waals surface area (Å²) in [5, 5.41) is 0. The van der Waals surface area contributed by atoms with Gasteiger partial charge in [-0.2, -0.15) is 26.3 Å². The monoisotopic (exact) mass is 577 g/mol. The summed E-state index contributed by atoms with van der Waals surface area (Å²) >= 11 is 1.66. The van der Waals surface area contributed by atoms with Crippen LogP contribution in [0.5, 0.6) is 5.75 Å². The predicted octanol–water partition coefficient (Wildman–Crippen LogP) is 3.42. The van der Waals surface area contributed by atoms with Gasteiger partial charge >= 0.3 is 29.9 Å². The number of halogens is 7. The van der Waals surface area contributed by atoms with Crippen molar-refractivity contribution in [3.05, 3.63) is 27.3 Å². The summed E-state index contributed by atoms with van der Waals surface area (Å²) in [5.74, 6) is -7.90. The number of alkyl halides is 6. The zero-order valence-electron chi connectivity index (χ0n) is 14.9. The van der Waals surface area contributed by atoms with E-state index in [0.29, 0.717) is 0 Å². The van der Waals surface area contributed by atoms with Gasteiger partial charge in [0.15, 0.2) is 0 Å². The molecule has 0 heterocycles. The third-order valence-electron chi connectivity index (χ3n) is 3.41. The Bertz CT molecular complexity index is 910. The topological polar surface area (TPSA) is 110 Å².